The summed E-state index contributed by atoms with van der Waals surface area (Å²) >= 11 is 6.51. The van der Waals surface area contributed by atoms with Crippen LogP contribution in [-0.2, 0) is 16.1 Å². The predicted octanol–water partition coefficient (Wildman–Crippen LogP) is 4.01. The maximum atomic E-state index is 13.2. The first-order chi connectivity index (χ1) is 19.9. The van der Waals surface area contributed by atoms with Crippen LogP contribution in [0.2, 0.25) is 5.02 Å². The molecule has 13 nitrogen and oxygen atoms in total. The summed E-state index contributed by atoms with van der Waals surface area (Å²) in [6.07, 6.45) is 4.74. The fourth-order valence-electron chi connectivity index (χ4n) is 5.05. The number of benzene rings is 1. The molecule has 222 valence electrons. The van der Waals surface area contributed by atoms with Crippen molar-refractivity contribution in [2.75, 3.05) is 23.3 Å². The van der Waals surface area contributed by atoms with Gasteiger partial charge in [-0.1, -0.05) is 24.3 Å². The van der Waals surface area contributed by atoms with Gasteiger partial charge in [-0.2, -0.15) is 0 Å². The van der Waals surface area contributed by atoms with Gasteiger partial charge >= 0.3 is 12.2 Å². The molecule has 1 aliphatic heterocycles. The molecule has 0 spiro atoms. The SMILES string of the molecule is C=Cc1cc(Cl)cc(N2CC[C@](NC(=O)O)(C(=O)NC3CC3)C2)c1Cn1cnc2c(NC(=O)OC(C)(C)C)ncnc21. The monoisotopic (exact) mass is 596 g/mol. The molecule has 4 N–H and O–H groups in total. The maximum Gasteiger partial charge on any atom is 0.413 e. The topological polar surface area (TPSA) is 164 Å². The van der Waals surface area contributed by atoms with E-state index in [1.165, 1.54) is 6.33 Å². The number of carbonyl (C=O) groups is 3. The van der Waals surface area contributed by atoms with Gasteiger partial charge in [0.15, 0.2) is 17.0 Å². The minimum Gasteiger partial charge on any atom is -0.465 e. The van der Waals surface area contributed by atoms with Crippen LogP contribution in [0.1, 0.15) is 51.2 Å². The summed E-state index contributed by atoms with van der Waals surface area (Å²) < 4.78 is 7.15. The van der Waals surface area contributed by atoms with Gasteiger partial charge in [-0.25, -0.2) is 24.5 Å². The molecule has 3 aromatic rings. The molecule has 0 bridgehead atoms. The lowest BCUT2D eigenvalue weighted by Crippen LogP contribution is -2.60. The Morgan fingerprint density at radius 2 is 2.00 bits per heavy atom. The first kappa shape index (κ1) is 29.1. The van der Waals surface area contributed by atoms with Gasteiger partial charge in [0.2, 0.25) is 5.91 Å². The van der Waals surface area contributed by atoms with Crippen LogP contribution < -0.4 is 20.9 Å². The minimum atomic E-state index is -1.31. The molecule has 42 heavy (non-hydrogen) atoms. The third kappa shape index (κ3) is 6.25. The summed E-state index contributed by atoms with van der Waals surface area (Å²) in [5.74, 6) is -0.122. The molecule has 3 heterocycles. The number of nitrogens with zero attached hydrogens (tertiary/aromatic N) is 5. The largest absolute Gasteiger partial charge is 0.465 e. The molecule has 2 aromatic heterocycles. The first-order valence-electron chi connectivity index (χ1n) is 13.6. The van der Waals surface area contributed by atoms with E-state index in [4.69, 9.17) is 16.3 Å². The maximum absolute atomic E-state index is 13.2. The van der Waals surface area contributed by atoms with Gasteiger partial charge in [-0.3, -0.25) is 10.1 Å². The van der Waals surface area contributed by atoms with Gasteiger partial charge in [0.25, 0.3) is 0 Å². The van der Waals surface area contributed by atoms with Crippen LogP contribution in [0.4, 0.5) is 21.1 Å². The number of ether oxygens (including phenoxy) is 1. The van der Waals surface area contributed by atoms with Crippen LogP contribution in [-0.4, -0.2) is 73.0 Å². The zero-order valence-electron chi connectivity index (χ0n) is 23.6. The number of carboxylic acid groups (broad SMARTS) is 1. The van der Waals surface area contributed by atoms with Crippen LogP contribution in [0.15, 0.2) is 31.4 Å². The van der Waals surface area contributed by atoms with Crippen molar-refractivity contribution in [3.63, 3.8) is 0 Å². The Hall–Kier alpha value is -4.39. The Morgan fingerprint density at radius 1 is 1.24 bits per heavy atom. The first-order valence-corrected chi connectivity index (χ1v) is 13.9. The molecule has 1 aliphatic carbocycles. The minimum absolute atomic E-state index is 0.0827. The molecule has 1 atom stereocenters. The second kappa shape index (κ2) is 11.1. The molecule has 2 aliphatic rings. The highest BCUT2D eigenvalue weighted by molar-refractivity contribution is 6.31. The number of halogens is 1. The van der Waals surface area contributed by atoms with Crippen molar-refractivity contribution in [1.82, 2.24) is 30.2 Å². The molecule has 14 heteroatoms. The van der Waals surface area contributed by atoms with E-state index in [1.54, 1.807) is 49.9 Å². The normalized spacial score (nSPS) is 18.5. The number of imidazole rings is 1. The third-order valence-electron chi connectivity index (χ3n) is 7.10. The number of nitrogens with one attached hydrogen (secondary N) is 3. The molecule has 1 saturated carbocycles. The summed E-state index contributed by atoms with van der Waals surface area (Å²) in [4.78, 5) is 52.3. The summed E-state index contributed by atoms with van der Waals surface area (Å²) in [6.45, 7) is 10.1. The zero-order chi connectivity index (χ0) is 30.2. The summed E-state index contributed by atoms with van der Waals surface area (Å²) in [6, 6.07) is 3.66. The average Bonchev–Trinajstić information content (AvgIpc) is 3.46. The molecular weight excluding hydrogens is 564 g/mol. The fourth-order valence-corrected chi connectivity index (χ4v) is 5.27. The van der Waals surface area contributed by atoms with Crippen LogP contribution in [0.25, 0.3) is 17.2 Å². The van der Waals surface area contributed by atoms with Crippen molar-refractivity contribution >= 4 is 58.4 Å². The molecule has 2 fully saturated rings. The van der Waals surface area contributed by atoms with Crippen molar-refractivity contribution < 1.29 is 24.2 Å². The van der Waals surface area contributed by atoms with E-state index >= 15 is 0 Å². The average molecular weight is 597 g/mol. The lowest BCUT2D eigenvalue weighted by atomic mass is 9.97. The quantitative estimate of drug-likeness (QED) is 0.301. The van der Waals surface area contributed by atoms with Crippen molar-refractivity contribution in [2.45, 2.75) is 63.8 Å². The zero-order valence-corrected chi connectivity index (χ0v) is 24.4. The van der Waals surface area contributed by atoms with E-state index in [1.807, 2.05) is 4.90 Å². The van der Waals surface area contributed by atoms with Crippen molar-refractivity contribution in [1.29, 1.82) is 0 Å². The van der Waals surface area contributed by atoms with Gasteiger partial charge < -0.3 is 29.9 Å². The van der Waals surface area contributed by atoms with Gasteiger partial charge in [-0.05, 0) is 57.7 Å². The number of anilines is 2. The third-order valence-corrected chi connectivity index (χ3v) is 7.32. The lowest BCUT2D eigenvalue weighted by molar-refractivity contribution is -0.126. The Balaban J connectivity index is 1.47. The van der Waals surface area contributed by atoms with Crippen molar-refractivity contribution in [3.05, 3.63) is 47.5 Å². The Kier molecular flexibility index (Phi) is 7.71. The van der Waals surface area contributed by atoms with E-state index in [0.29, 0.717) is 22.7 Å². The second-order valence-corrected chi connectivity index (χ2v) is 12.0. The van der Waals surface area contributed by atoms with Crippen LogP contribution in [0.3, 0.4) is 0 Å². The van der Waals surface area contributed by atoms with E-state index < -0.39 is 23.3 Å². The summed E-state index contributed by atoms with van der Waals surface area (Å²) in [5.41, 5.74) is 1.16. The molecule has 1 aromatic carbocycles. The molecule has 0 radical (unpaired) electrons. The molecule has 3 amide bonds. The number of hydrogen-bond donors (Lipinski definition) is 4. The van der Waals surface area contributed by atoms with Gasteiger partial charge in [0.05, 0.1) is 19.4 Å². The van der Waals surface area contributed by atoms with E-state index in [0.717, 1.165) is 29.7 Å². The summed E-state index contributed by atoms with van der Waals surface area (Å²) in [5, 5.41) is 18.1. The highest BCUT2D eigenvalue weighted by Gasteiger charge is 2.48. The molecule has 0 unspecified atom stereocenters. The number of rotatable bonds is 8. The fraction of sp³-hybridized carbons (Fsp3) is 0.429. The van der Waals surface area contributed by atoms with Crippen molar-refractivity contribution in [2.24, 2.45) is 0 Å². The lowest BCUT2D eigenvalue weighted by Gasteiger charge is -2.30. The van der Waals surface area contributed by atoms with Crippen LogP contribution >= 0.6 is 11.6 Å². The number of aromatic nitrogens is 4. The predicted molar refractivity (Wildman–Crippen MR) is 158 cm³/mol. The van der Waals surface area contributed by atoms with E-state index in [9.17, 15) is 19.5 Å². The molecule has 5 rings (SSSR count). The highest BCUT2D eigenvalue weighted by Crippen LogP contribution is 2.36. The number of amides is 3. The molecule has 1 saturated heterocycles. The molecular formula is C28H33ClN8O5. The summed E-state index contributed by atoms with van der Waals surface area (Å²) in [7, 11) is 0. The van der Waals surface area contributed by atoms with Crippen molar-refractivity contribution in [3.8, 4) is 0 Å². The van der Waals surface area contributed by atoms with Crippen LogP contribution in [0.5, 0.6) is 0 Å². The van der Waals surface area contributed by atoms with Gasteiger partial charge in [0.1, 0.15) is 17.5 Å². The Morgan fingerprint density at radius 3 is 2.67 bits per heavy atom. The second-order valence-electron chi connectivity index (χ2n) is 11.5. The van der Waals surface area contributed by atoms with E-state index in [2.05, 4.69) is 37.5 Å². The standard InChI is InChI=1S/C28H33ClN8O5/c1-5-16-10-17(29)11-20(36-9-8-28(13-36,35-25(39)40)24(38)33-18-6-7-18)19(16)12-37-15-32-21-22(30-14-31-23(21)37)34-26(41)42-27(2,3)4/h5,10-11,14-15,18,35H,1,6-9,12-13H2,2-4H3,(H,33,38)(H,39,40)(H,30,31,34,41)/t28-/m1/s1. The Bertz CT molecular complexity index is 1560. The number of hydrogen-bond acceptors (Lipinski definition) is 8. The Labute approximate surface area is 247 Å². The smallest absolute Gasteiger partial charge is 0.413 e. The number of carbonyl (C=O) groups excluding carboxylic acids is 2. The van der Waals surface area contributed by atoms with E-state index in [-0.39, 0.29) is 37.3 Å². The van der Waals surface area contributed by atoms with Gasteiger partial charge in [0, 0.05) is 28.9 Å². The van der Waals surface area contributed by atoms with Gasteiger partial charge in [-0.15, -0.1) is 0 Å². The number of fused-ring (bicyclic) bond motifs is 1. The highest BCUT2D eigenvalue weighted by atomic mass is 35.5. The van der Waals surface area contributed by atoms with Crippen LogP contribution in [0, 0.1) is 0 Å².